The van der Waals surface area contributed by atoms with Crippen molar-refractivity contribution in [2.45, 2.75) is 19.9 Å². The first kappa shape index (κ1) is 14.2. The minimum Gasteiger partial charge on any atom is -0.383 e. The second-order valence-corrected chi connectivity index (χ2v) is 4.18. The Bertz CT molecular complexity index is 337. The third-order valence-electron chi connectivity index (χ3n) is 3.29. The molecule has 0 saturated heterocycles. The fourth-order valence-corrected chi connectivity index (χ4v) is 2.06. The van der Waals surface area contributed by atoms with Crippen LogP contribution in [-0.2, 0) is 11.8 Å². The molecule has 0 fully saturated rings. The summed E-state index contributed by atoms with van der Waals surface area (Å²) in [6, 6.07) is 0.226. The molecule has 0 aromatic carbocycles. The van der Waals surface area contributed by atoms with Gasteiger partial charge in [0.15, 0.2) is 0 Å². The van der Waals surface area contributed by atoms with Crippen molar-refractivity contribution >= 4 is 0 Å². The zero-order valence-corrected chi connectivity index (χ0v) is 11.3. The summed E-state index contributed by atoms with van der Waals surface area (Å²) in [6.07, 6.45) is 1.92. The summed E-state index contributed by atoms with van der Waals surface area (Å²) in [5.74, 6) is 0. The van der Waals surface area contributed by atoms with Crippen molar-refractivity contribution in [1.82, 2.24) is 14.7 Å². The predicted octanol–water partition coefficient (Wildman–Crippen LogP) is 0.697. The number of hydrogen-bond acceptors (Lipinski definition) is 4. The Kier molecular flexibility index (Phi) is 5.61. The van der Waals surface area contributed by atoms with Gasteiger partial charge in [-0.2, -0.15) is 5.10 Å². The number of nitrogens with two attached hydrogens (primary N) is 1. The first-order valence-electron chi connectivity index (χ1n) is 6.07. The maximum Gasteiger partial charge on any atom is 0.0589 e. The SMILES string of the molecule is CCN(CCOC)C(CN)c1cnn(C)c1C. The number of ether oxygens (including phenoxy) is 1. The van der Waals surface area contributed by atoms with Crippen molar-refractivity contribution in [3.63, 3.8) is 0 Å². The fourth-order valence-electron chi connectivity index (χ4n) is 2.06. The van der Waals surface area contributed by atoms with Gasteiger partial charge in [-0.3, -0.25) is 9.58 Å². The molecule has 5 heteroatoms. The third-order valence-corrected chi connectivity index (χ3v) is 3.29. The Morgan fingerprint density at radius 3 is 2.71 bits per heavy atom. The molecule has 5 nitrogen and oxygen atoms in total. The van der Waals surface area contributed by atoms with Crippen LogP contribution in [0.4, 0.5) is 0 Å². The molecule has 0 aliphatic rings. The molecule has 1 aromatic heterocycles. The average molecular weight is 240 g/mol. The van der Waals surface area contributed by atoms with Crippen LogP contribution in [0.2, 0.25) is 0 Å². The normalized spacial score (nSPS) is 13.3. The van der Waals surface area contributed by atoms with Crippen molar-refractivity contribution in [2.75, 3.05) is 33.4 Å². The quantitative estimate of drug-likeness (QED) is 0.762. The fraction of sp³-hybridized carbons (Fsp3) is 0.750. The summed E-state index contributed by atoms with van der Waals surface area (Å²) >= 11 is 0. The molecule has 1 rings (SSSR count). The van der Waals surface area contributed by atoms with Gasteiger partial charge < -0.3 is 10.5 Å². The lowest BCUT2D eigenvalue weighted by molar-refractivity contribution is 0.125. The van der Waals surface area contributed by atoms with Gasteiger partial charge in [-0.25, -0.2) is 0 Å². The van der Waals surface area contributed by atoms with Crippen LogP contribution < -0.4 is 5.73 Å². The largest absolute Gasteiger partial charge is 0.383 e. The monoisotopic (exact) mass is 240 g/mol. The zero-order chi connectivity index (χ0) is 12.8. The van der Waals surface area contributed by atoms with Crippen molar-refractivity contribution in [2.24, 2.45) is 12.8 Å². The Morgan fingerprint density at radius 2 is 2.29 bits per heavy atom. The zero-order valence-electron chi connectivity index (χ0n) is 11.3. The maximum atomic E-state index is 5.91. The summed E-state index contributed by atoms with van der Waals surface area (Å²) in [7, 11) is 3.68. The standard InChI is InChI=1S/C12H24N4O/c1-5-16(6-7-17-4)12(8-13)11-9-14-15(3)10(11)2/h9,12H,5-8,13H2,1-4H3. The molecule has 0 aliphatic carbocycles. The molecular formula is C12H24N4O. The van der Waals surface area contributed by atoms with E-state index in [1.54, 1.807) is 7.11 Å². The number of nitrogens with zero attached hydrogens (tertiary/aromatic N) is 3. The second-order valence-electron chi connectivity index (χ2n) is 4.18. The van der Waals surface area contributed by atoms with E-state index in [1.807, 2.05) is 17.9 Å². The lowest BCUT2D eigenvalue weighted by atomic mass is 10.1. The first-order chi connectivity index (χ1) is 8.15. The van der Waals surface area contributed by atoms with E-state index in [0.717, 1.165) is 19.7 Å². The number of rotatable bonds is 7. The molecule has 1 heterocycles. The smallest absolute Gasteiger partial charge is 0.0589 e. The molecule has 0 amide bonds. The molecule has 0 saturated carbocycles. The lowest BCUT2D eigenvalue weighted by Crippen LogP contribution is -2.36. The molecule has 0 aliphatic heterocycles. The summed E-state index contributed by atoms with van der Waals surface area (Å²) < 4.78 is 7.03. The van der Waals surface area contributed by atoms with Gasteiger partial charge in [0.25, 0.3) is 0 Å². The van der Waals surface area contributed by atoms with Gasteiger partial charge in [0.2, 0.25) is 0 Å². The number of aryl methyl sites for hydroxylation is 1. The van der Waals surface area contributed by atoms with Crippen LogP contribution in [0.15, 0.2) is 6.20 Å². The molecule has 0 bridgehead atoms. The van der Waals surface area contributed by atoms with Gasteiger partial charge in [-0.05, 0) is 13.5 Å². The van der Waals surface area contributed by atoms with Gasteiger partial charge in [-0.1, -0.05) is 6.92 Å². The molecule has 17 heavy (non-hydrogen) atoms. The van der Waals surface area contributed by atoms with E-state index in [0.29, 0.717) is 6.54 Å². The molecule has 0 radical (unpaired) electrons. The van der Waals surface area contributed by atoms with Crippen LogP contribution in [0, 0.1) is 6.92 Å². The predicted molar refractivity (Wildman–Crippen MR) is 68.9 cm³/mol. The van der Waals surface area contributed by atoms with E-state index in [1.165, 1.54) is 11.3 Å². The van der Waals surface area contributed by atoms with Gasteiger partial charge in [0, 0.05) is 38.5 Å². The summed E-state index contributed by atoms with van der Waals surface area (Å²) in [6.45, 7) is 7.40. The molecular weight excluding hydrogens is 216 g/mol. The molecule has 0 spiro atoms. The van der Waals surface area contributed by atoms with Gasteiger partial charge in [-0.15, -0.1) is 0 Å². The van der Waals surface area contributed by atoms with Crippen LogP contribution in [0.5, 0.6) is 0 Å². The van der Waals surface area contributed by atoms with Gasteiger partial charge >= 0.3 is 0 Å². The van der Waals surface area contributed by atoms with Crippen molar-refractivity contribution in [3.05, 3.63) is 17.5 Å². The first-order valence-corrected chi connectivity index (χ1v) is 6.07. The highest BCUT2D eigenvalue weighted by atomic mass is 16.5. The van der Waals surface area contributed by atoms with E-state index in [9.17, 15) is 0 Å². The molecule has 1 aromatic rings. The molecule has 1 unspecified atom stereocenters. The van der Waals surface area contributed by atoms with Crippen molar-refractivity contribution in [1.29, 1.82) is 0 Å². The lowest BCUT2D eigenvalue weighted by Gasteiger charge is -2.29. The van der Waals surface area contributed by atoms with E-state index < -0.39 is 0 Å². The second kappa shape index (κ2) is 6.74. The number of hydrogen-bond donors (Lipinski definition) is 1. The van der Waals surface area contributed by atoms with Crippen LogP contribution in [-0.4, -0.2) is 48.0 Å². The maximum absolute atomic E-state index is 5.91. The van der Waals surface area contributed by atoms with Crippen molar-refractivity contribution < 1.29 is 4.74 Å². The van der Waals surface area contributed by atoms with E-state index in [4.69, 9.17) is 10.5 Å². The summed E-state index contributed by atoms with van der Waals surface area (Å²) in [4.78, 5) is 2.33. The molecule has 2 N–H and O–H groups in total. The van der Waals surface area contributed by atoms with Crippen LogP contribution in [0.1, 0.15) is 24.2 Å². The Hall–Kier alpha value is -0.910. The van der Waals surface area contributed by atoms with E-state index in [-0.39, 0.29) is 6.04 Å². The minimum absolute atomic E-state index is 0.226. The number of methoxy groups -OCH3 is 1. The van der Waals surface area contributed by atoms with Gasteiger partial charge in [0.1, 0.15) is 0 Å². The topological polar surface area (TPSA) is 56.3 Å². The third kappa shape index (κ3) is 3.28. The number of aromatic nitrogens is 2. The Balaban J connectivity index is 2.85. The average Bonchev–Trinajstić information content (AvgIpc) is 2.66. The van der Waals surface area contributed by atoms with Crippen LogP contribution in [0.3, 0.4) is 0 Å². The molecule has 1 atom stereocenters. The minimum atomic E-state index is 0.226. The highest BCUT2D eigenvalue weighted by Gasteiger charge is 2.21. The summed E-state index contributed by atoms with van der Waals surface area (Å²) in [5, 5.41) is 4.29. The Labute approximate surface area is 104 Å². The Morgan fingerprint density at radius 1 is 1.59 bits per heavy atom. The van der Waals surface area contributed by atoms with Gasteiger partial charge in [0.05, 0.1) is 18.8 Å². The van der Waals surface area contributed by atoms with Crippen LogP contribution >= 0.6 is 0 Å². The summed E-state index contributed by atoms with van der Waals surface area (Å²) in [5.41, 5.74) is 8.30. The van der Waals surface area contributed by atoms with E-state index >= 15 is 0 Å². The van der Waals surface area contributed by atoms with Crippen molar-refractivity contribution in [3.8, 4) is 0 Å². The highest BCUT2D eigenvalue weighted by Crippen LogP contribution is 2.21. The highest BCUT2D eigenvalue weighted by molar-refractivity contribution is 5.21. The van der Waals surface area contributed by atoms with Crippen LogP contribution in [0.25, 0.3) is 0 Å². The van der Waals surface area contributed by atoms with E-state index in [2.05, 4.69) is 23.8 Å². The number of likely N-dealkylation sites (N-methyl/N-ethyl adjacent to an activating group) is 1. The molecule has 98 valence electrons.